The maximum atomic E-state index is 11.9. The van der Waals surface area contributed by atoms with Gasteiger partial charge in [0.05, 0.1) is 16.5 Å². The molecule has 0 saturated carbocycles. The second-order valence-corrected chi connectivity index (χ2v) is 7.34. The summed E-state index contributed by atoms with van der Waals surface area (Å²) in [6.07, 6.45) is 1.79. The van der Waals surface area contributed by atoms with Gasteiger partial charge in [-0.05, 0) is 33.8 Å². The van der Waals surface area contributed by atoms with Crippen molar-refractivity contribution in [2.45, 2.75) is 38.5 Å². The molecule has 1 aromatic heterocycles. The minimum absolute atomic E-state index is 0.314. The average molecular weight is 245 g/mol. The average Bonchev–Trinajstić information content (AvgIpc) is 2.48. The Morgan fingerprint density at radius 1 is 1.44 bits per heavy atom. The van der Waals surface area contributed by atoms with Crippen LogP contribution in [0.5, 0.6) is 0 Å². The number of hydrogen-bond acceptors (Lipinski definition) is 3. The Hall–Kier alpha value is -0.880. The molecule has 0 radical (unpaired) electrons. The molecule has 1 heterocycles. The van der Waals surface area contributed by atoms with E-state index in [1.807, 2.05) is 0 Å². The summed E-state index contributed by atoms with van der Waals surface area (Å²) in [5.74, 6) is 0. The predicted molar refractivity (Wildman–Crippen MR) is 63.4 cm³/mol. The van der Waals surface area contributed by atoms with Gasteiger partial charge in [-0.15, -0.1) is 0 Å². The number of nitrogens with zero attached hydrogens (tertiary/aromatic N) is 2. The van der Waals surface area contributed by atoms with Crippen molar-refractivity contribution in [2.75, 3.05) is 0 Å². The highest BCUT2D eigenvalue weighted by Crippen LogP contribution is 2.18. The molecule has 1 aromatic rings. The molecule has 0 bridgehead atoms. The van der Waals surface area contributed by atoms with Gasteiger partial charge in [0.1, 0.15) is 0 Å². The van der Waals surface area contributed by atoms with Crippen LogP contribution in [0.4, 0.5) is 0 Å². The van der Waals surface area contributed by atoms with E-state index >= 15 is 0 Å². The van der Waals surface area contributed by atoms with Crippen LogP contribution >= 0.6 is 0 Å². The van der Waals surface area contributed by atoms with Crippen LogP contribution in [0.2, 0.25) is 0 Å². The molecular formula is C10H19N3O2S. The third kappa shape index (κ3) is 2.82. The molecule has 0 fully saturated rings. The number of nitrogens with one attached hydrogen (secondary N) is 1. The van der Waals surface area contributed by atoms with Crippen molar-refractivity contribution in [3.8, 4) is 0 Å². The Bertz CT molecular complexity index is 457. The van der Waals surface area contributed by atoms with Crippen molar-refractivity contribution >= 4 is 10.0 Å². The van der Waals surface area contributed by atoms with E-state index in [2.05, 4.69) is 9.82 Å². The van der Waals surface area contributed by atoms with E-state index in [0.717, 1.165) is 5.69 Å². The second kappa shape index (κ2) is 4.18. The van der Waals surface area contributed by atoms with Gasteiger partial charge in [-0.2, -0.15) is 5.10 Å². The molecule has 1 rings (SSSR count). The SMILES string of the molecule is C[C@@H](NS(=O)(=O)C(C)(C)C)c1ccn(C)n1. The zero-order chi connectivity index (χ0) is 12.6. The van der Waals surface area contributed by atoms with Gasteiger partial charge in [-0.3, -0.25) is 4.68 Å². The van der Waals surface area contributed by atoms with Crippen molar-refractivity contribution < 1.29 is 8.42 Å². The summed E-state index contributed by atoms with van der Waals surface area (Å²) in [6, 6.07) is 1.49. The fourth-order valence-electron chi connectivity index (χ4n) is 1.13. The van der Waals surface area contributed by atoms with Crippen molar-refractivity contribution in [1.82, 2.24) is 14.5 Å². The van der Waals surface area contributed by atoms with Crippen molar-refractivity contribution in [2.24, 2.45) is 7.05 Å². The Morgan fingerprint density at radius 3 is 2.38 bits per heavy atom. The minimum atomic E-state index is -3.34. The Kier molecular flexibility index (Phi) is 3.44. The maximum absolute atomic E-state index is 11.9. The largest absolute Gasteiger partial charge is 0.275 e. The summed E-state index contributed by atoms with van der Waals surface area (Å²) >= 11 is 0. The number of rotatable bonds is 3. The third-order valence-corrected chi connectivity index (χ3v) is 4.59. The lowest BCUT2D eigenvalue weighted by atomic mass is 10.3. The molecule has 0 unspecified atom stereocenters. The molecule has 0 aliphatic heterocycles. The first kappa shape index (κ1) is 13.2. The van der Waals surface area contributed by atoms with Crippen molar-refractivity contribution in [3.63, 3.8) is 0 Å². The molecular weight excluding hydrogens is 226 g/mol. The molecule has 0 spiro atoms. The fraction of sp³-hybridized carbons (Fsp3) is 0.700. The molecule has 0 amide bonds. The van der Waals surface area contributed by atoms with E-state index in [0.29, 0.717) is 0 Å². The molecule has 16 heavy (non-hydrogen) atoms. The number of aromatic nitrogens is 2. The highest BCUT2D eigenvalue weighted by Gasteiger charge is 2.30. The van der Waals surface area contributed by atoms with Gasteiger partial charge in [0.15, 0.2) is 0 Å². The zero-order valence-electron chi connectivity index (χ0n) is 10.4. The lowest BCUT2D eigenvalue weighted by molar-refractivity contribution is 0.528. The van der Waals surface area contributed by atoms with Gasteiger partial charge in [0, 0.05) is 13.2 Å². The quantitative estimate of drug-likeness (QED) is 0.870. The number of sulfonamides is 1. The van der Waals surface area contributed by atoms with E-state index in [9.17, 15) is 8.42 Å². The van der Waals surface area contributed by atoms with Crippen molar-refractivity contribution in [1.29, 1.82) is 0 Å². The number of aryl methyl sites for hydroxylation is 1. The summed E-state index contributed by atoms with van der Waals surface area (Å²) in [5, 5.41) is 4.17. The lowest BCUT2D eigenvalue weighted by Crippen LogP contribution is -2.40. The van der Waals surface area contributed by atoms with Crippen LogP contribution in [0.1, 0.15) is 39.4 Å². The minimum Gasteiger partial charge on any atom is -0.275 e. The van der Waals surface area contributed by atoms with E-state index in [-0.39, 0.29) is 6.04 Å². The first-order chi connectivity index (χ1) is 7.13. The van der Waals surface area contributed by atoms with Crippen LogP contribution in [-0.2, 0) is 17.1 Å². The molecule has 1 N–H and O–H groups in total. The maximum Gasteiger partial charge on any atom is 0.217 e. The molecule has 0 aromatic carbocycles. The van der Waals surface area contributed by atoms with Gasteiger partial charge >= 0.3 is 0 Å². The molecule has 0 saturated heterocycles. The first-order valence-corrected chi connectivity index (χ1v) is 6.63. The van der Waals surface area contributed by atoms with Gasteiger partial charge in [-0.1, -0.05) is 0 Å². The molecule has 0 aliphatic carbocycles. The topological polar surface area (TPSA) is 64.0 Å². The highest BCUT2D eigenvalue weighted by molar-refractivity contribution is 7.90. The Labute approximate surface area is 96.9 Å². The Morgan fingerprint density at radius 2 is 2.00 bits per heavy atom. The molecule has 6 heteroatoms. The summed E-state index contributed by atoms with van der Waals surface area (Å²) in [5.41, 5.74) is 0.718. The molecule has 1 atom stereocenters. The van der Waals surface area contributed by atoms with E-state index in [1.165, 1.54) is 0 Å². The van der Waals surface area contributed by atoms with Gasteiger partial charge in [0.2, 0.25) is 10.0 Å². The normalized spacial score (nSPS) is 15.1. The predicted octanol–water partition coefficient (Wildman–Crippen LogP) is 1.20. The van der Waals surface area contributed by atoms with E-state index < -0.39 is 14.8 Å². The standard InChI is InChI=1S/C10H19N3O2S/c1-8(9-6-7-13(5)11-9)12-16(14,15)10(2,3)4/h6-8,12H,1-5H3/t8-/m1/s1. The summed E-state index contributed by atoms with van der Waals surface area (Å²) in [7, 11) is -1.54. The van der Waals surface area contributed by atoms with Crippen molar-refractivity contribution in [3.05, 3.63) is 18.0 Å². The van der Waals surface area contributed by atoms with Crippen LogP contribution in [0.15, 0.2) is 12.3 Å². The fourth-order valence-corrected chi connectivity index (χ4v) is 2.07. The lowest BCUT2D eigenvalue weighted by Gasteiger charge is -2.22. The van der Waals surface area contributed by atoms with Gasteiger partial charge in [0.25, 0.3) is 0 Å². The van der Waals surface area contributed by atoms with Gasteiger partial charge < -0.3 is 0 Å². The first-order valence-electron chi connectivity index (χ1n) is 5.15. The zero-order valence-corrected chi connectivity index (χ0v) is 11.2. The summed E-state index contributed by atoms with van der Waals surface area (Å²) < 4.78 is 27.3. The van der Waals surface area contributed by atoms with Crippen LogP contribution in [0.3, 0.4) is 0 Å². The van der Waals surface area contributed by atoms with Crippen LogP contribution in [0, 0.1) is 0 Å². The summed E-state index contributed by atoms with van der Waals surface area (Å²) in [6.45, 7) is 6.78. The second-order valence-electron chi connectivity index (χ2n) is 4.87. The number of hydrogen-bond donors (Lipinski definition) is 1. The Balaban J connectivity index is 2.84. The smallest absolute Gasteiger partial charge is 0.217 e. The van der Waals surface area contributed by atoms with Gasteiger partial charge in [-0.25, -0.2) is 13.1 Å². The highest BCUT2D eigenvalue weighted by atomic mass is 32.2. The van der Waals surface area contributed by atoms with Crippen LogP contribution in [-0.4, -0.2) is 22.9 Å². The summed E-state index contributed by atoms with van der Waals surface area (Å²) in [4.78, 5) is 0. The monoisotopic (exact) mass is 245 g/mol. The molecule has 0 aliphatic rings. The van der Waals surface area contributed by atoms with Crippen LogP contribution < -0.4 is 4.72 Å². The van der Waals surface area contributed by atoms with Crippen LogP contribution in [0.25, 0.3) is 0 Å². The molecule has 5 nitrogen and oxygen atoms in total. The van der Waals surface area contributed by atoms with E-state index in [4.69, 9.17) is 0 Å². The molecule has 92 valence electrons. The third-order valence-electron chi connectivity index (χ3n) is 2.32. The van der Waals surface area contributed by atoms with E-state index in [1.54, 1.807) is 51.7 Å².